The minimum absolute atomic E-state index is 0.0586. The summed E-state index contributed by atoms with van der Waals surface area (Å²) in [5.41, 5.74) is 7.57. The molecule has 0 atom stereocenters. The lowest BCUT2D eigenvalue weighted by Crippen LogP contribution is -2.22. The molecule has 0 amide bonds. The van der Waals surface area contributed by atoms with E-state index in [1.807, 2.05) is 0 Å². The van der Waals surface area contributed by atoms with Gasteiger partial charge in [0.2, 0.25) is 10.3 Å². The average molecular weight is 147 g/mol. The second-order valence-corrected chi connectivity index (χ2v) is 2.45. The van der Waals surface area contributed by atoms with Crippen molar-refractivity contribution in [2.24, 2.45) is 10.8 Å². The highest BCUT2D eigenvalue weighted by atomic mass is 32.2. The van der Waals surface area contributed by atoms with Gasteiger partial charge in [-0.3, -0.25) is 0 Å². The van der Waals surface area contributed by atoms with Gasteiger partial charge >= 0.3 is 0 Å². The third-order valence-electron chi connectivity index (χ3n) is 0.926. The molecule has 1 aliphatic rings. The summed E-state index contributed by atoms with van der Waals surface area (Å²) >= 11 is 0. The van der Waals surface area contributed by atoms with E-state index in [9.17, 15) is 8.42 Å². The number of rotatable bonds is 0. The molecule has 0 saturated heterocycles. The first kappa shape index (κ1) is 6.09. The summed E-state index contributed by atoms with van der Waals surface area (Å²) in [6.45, 7) is 0.210. The van der Waals surface area contributed by atoms with Crippen molar-refractivity contribution >= 4 is 21.0 Å². The first-order valence-electron chi connectivity index (χ1n) is 2.23. The fraction of sp³-hybridized carbons (Fsp3) is 0.333. The van der Waals surface area contributed by atoms with Crippen molar-refractivity contribution in [3.05, 3.63) is 0 Å². The highest BCUT2D eigenvalue weighted by Gasteiger charge is 2.11. The zero-order chi connectivity index (χ0) is 6.85. The largest absolute Gasteiger partial charge is 0.381 e. The lowest BCUT2D eigenvalue weighted by molar-refractivity contribution is 0.627. The number of hydrogen-bond donors (Lipinski definition) is 2. The molecule has 0 spiro atoms. The normalized spacial score (nSPS) is 16.9. The maximum absolute atomic E-state index is 10.2. The van der Waals surface area contributed by atoms with E-state index in [0.717, 1.165) is 0 Å². The maximum atomic E-state index is 10.2. The number of nitrogens with one attached hydrogen (secondary N) is 1. The standard InChI is InChI=1S/C3H5N3O2S/c4-3-2(9(7)8)1-5-6-3/h5H,1H2,(H2,4,6). The van der Waals surface area contributed by atoms with Crippen LogP contribution in [0.4, 0.5) is 0 Å². The molecule has 0 unspecified atom stereocenters. The van der Waals surface area contributed by atoms with Crippen LogP contribution in [0.25, 0.3) is 0 Å². The van der Waals surface area contributed by atoms with E-state index in [1.54, 1.807) is 0 Å². The molecule has 0 saturated carbocycles. The molecule has 0 fully saturated rings. The van der Waals surface area contributed by atoms with Gasteiger partial charge in [-0.15, -0.1) is 0 Å². The van der Waals surface area contributed by atoms with Crippen LogP contribution in [0.3, 0.4) is 0 Å². The third kappa shape index (κ3) is 1.02. The lowest BCUT2D eigenvalue weighted by atomic mass is 10.4. The van der Waals surface area contributed by atoms with Gasteiger partial charge in [0.15, 0.2) is 5.84 Å². The van der Waals surface area contributed by atoms with Crippen LogP contribution in [0.1, 0.15) is 0 Å². The zero-order valence-electron chi connectivity index (χ0n) is 4.46. The zero-order valence-corrected chi connectivity index (χ0v) is 5.27. The molecule has 0 bridgehead atoms. The average Bonchev–Trinajstić information content (AvgIpc) is 2.13. The van der Waals surface area contributed by atoms with Crippen LogP contribution < -0.4 is 11.2 Å². The Morgan fingerprint density at radius 1 is 1.67 bits per heavy atom. The van der Waals surface area contributed by atoms with Gasteiger partial charge in [-0.1, -0.05) is 0 Å². The molecule has 3 N–H and O–H groups in total. The summed E-state index contributed by atoms with van der Waals surface area (Å²) in [5, 5.41) is 3.45. The summed E-state index contributed by atoms with van der Waals surface area (Å²) in [4.78, 5) is 0.134. The molecule has 9 heavy (non-hydrogen) atoms. The fourth-order valence-corrected chi connectivity index (χ4v) is 0.893. The van der Waals surface area contributed by atoms with E-state index < -0.39 is 10.3 Å². The number of nitrogens with zero attached hydrogens (tertiary/aromatic N) is 1. The van der Waals surface area contributed by atoms with Gasteiger partial charge in [0.05, 0.1) is 6.54 Å². The molecule has 1 heterocycles. The number of hydrogen-bond acceptors (Lipinski definition) is 5. The Labute approximate surface area is 53.1 Å². The van der Waals surface area contributed by atoms with Crippen molar-refractivity contribution in [3.63, 3.8) is 0 Å². The van der Waals surface area contributed by atoms with E-state index in [-0.39, 0.29) is 17.2 Å². The van der Waals surface area contributed by atoms with E-state index in [1.165, 1.54) is 0 Å². The monoisotopic (exact) mass is 147 g/mol. The predicted octanol–water partition coefficient (Wildman–Crippen LogP) is -2.09. The van der Waals surface area contributed by atoms with Gasteiger partial charge in [-0.2, -0.15) is 13.5 Å². The Morgan fingerprint density at radius 2 is 2.33 bits per heavy atom. The highest BCUT2D eigenvalue weighted by molar-refractivity contribution is 7.75. The summed E-state index contributed by atoms with van der Waals surface area (Å²) in [6.07, 6.45) is 0. The Kier molecular flexibility index (Phi) is 1.39. The van der Waals surface area contributed by atoms with Gasteiger partial charge in [-0.05, 0) is 0 Å². The van der Waals surface area contributed by atoms with Crippen molar-refractivity contribution in [2.45, 2.75) is 0 Å². The van der Waals surface area contributed by atoms with E-state index in [4.69, 9.17) is 5.73 Å². The van der Waals surface area contributed by atoms with Crippen molar-refractivity contribution < 1.29 is 8.42 Å². The molecule has 0 aromatic carbocycles. The van der Waals surface area contributed by atoms with Crippen LogP contribution in [0, 0.1) is 0 Å². The number of hydrazone groups is 1. The van der Waals surface area contributed by atoms with Crippen LogP contribution in [-0.4, -0.2) is 25.7 Å². The quantitative estimate of drug-likeness (QED) is 0.385. The number of amidine groups is 1. The van der Waals surface area contributed by atoms with Gasteiger partial charge in [0.25, 0.3) is 0 Å². The van der Waals surface area contributed by atoms with E-state index in [0.29, 0.717) is 0 Å². The Balaban J connectivity index is 3.16. The highest BCUT2D eigenvalue weighted by Crippen LogP contribution is 1.81. The minimum atomic E-state index is -2.22. The second kappa shape index (κ2) is 2.06. The van der Waals surface area contributed by atoms with E-state index >= 15 is 0 Å². The van der Waals surface area contributed by atoms with Gasteiger partial charge in [-0.25, -0.2) is 0 Å². The first-order valence-corrected chi connectivity index (χ1v) is 3.31. The third-order valence-corrected chi connectivity index (χ3v) is 1.68. The second-order valence-electron chi connectivity index (χ2n) is 1.49. The molecular formula is C3H5N3O2S. The van der Waals surface area contributed by atoms with Crippen LogP contribution in [0.2, 0.25) is 0 Å². The van der Waals surface area contributed by atoms with Crippen LogP contribution >= 0.6 is 0 Å². The van der Waals surface area contributed by atoms with Crippen molar-refractivity contribution in [3.8, 4) is 0 Å². The predicted molar refractivity (Wildman–Crippen MR) is 33.6 cm³/mol. The Morgan fingerprint density at radius 3 is 2.56 bits per heavy atom. The molecule has 0 aliphatic carbocycles. The SMILES string of the molecule is NC1=NNCC1=S(=O)=O. The van der Waals surface area contributed by atoms with Crippen LogP contribution in [-0.2, 0) is 10.3 Å². The molecule has 0 aromatic heterocycles. The summed E-state index contributed by atoms with van der Waals surface area (Å²) in [7, 11) is -2.22. The maximum Gasteiger partial charge on any atom is 0.223 e. The molecule has 0 aromatic rings. The Bertz CT molecular complexity index is 267. The summed E-state index contributed by atoms with van der Waals surface area (Å²) in [6, 6.07) is 0. The van der Waals surface area contributed by atoms with Crippen molar-refractivity contribution in [1.82, 2.24) is 5.43 Å². The van der Waals surface area contributed by atoms with E-state index in [2.05, 4.69) is 10.5 Å². The minimum Gasteiger partial charge on any atom is -0.381 e. The molecule has 50 valence electrons. The molecule has 1 aliphatic heterocycles. The molecule has 6 heteroatoms. The molecule has 0 radical (unpaired) electrons. The molecule has 5 nitrogen and oxygen atoms in total. The summed E-state index contributed by atoms with van der Waals surface area (Å²) in [5.74, 6) is 0.0586. The fourth-order valence-electron chi connectivity index (χ4n) is 0.494. The molecular weight excluding hydrogens is 142 g/mol. The van der Waals surface area contributed by atoms with Crippen LogP contribution in [0.15, 0.2) is 5.10 Å². The van der Waals surface area contributed by atoms with Gasteiger partial charge in [0.1, 0.15) is 4.86 Å². The van der Waals surface area contributed by atoms with Gasteiger partial charge < -0.3 is 11.2 Å². The smallest absolute Gasteiger partial charge is 0.223 e. The first-order chi connectivity index (χ1) is 4.22. The summed E-state index contributed by atoms with van der Waals surface area (Å²) < 4.78 is 20.3. The lowest BCUT2D eigenvalue weighted by Gasteiger charge is -1.81. The topological polar surface area (TPSA) is 84.5 Å². The van der Waals surface area contributed by atoms with Gasteiger partial charge in [0, 0.05) is 0 Å². The van der Waals surface area contributed by atoms with Crippen molar-refractivity contribution in [2.75, 3.05) is 6.54 Å². The van der Waals surface area contributed by atoms with Crippen LogP contribution in [0.5, 0.6) is 0 Å². The molecule has 1 rings (SSSR count). The van der Waals surface area contributed by atoms with Crippen molar-refractivity contribution in [1.29, 1.82) is 0 Å². The Hall–Kier alpha value is -1.04. The number of nitrogens with two attached hydrogens (primary N) is 1.